The van der Waals surface area contributed by atoms with Gasteiger partial charge in [0.25, 0.3) is 0 Å². The Hall–Kier alpha value is -2.80. The van der Waals surface area contributed by atoms with Crippen LogP contribution in [0.4, 0.5) is 0 Å². The SMILES string of the molecule is COc1cc(OC)c2c(c1)O[C@H](c1cc(O)c(O)c(O)c1)[C@H](O)C2. The second-order valence-electron chi connectivity index (χ2n) is 5.52. The van der Waals surface area contributed by atoms with Crippen LogP contribution in [0.3, 0.4) is 0 Å². The molecule has 0 unspecified atom stereocenters. The van der Waals surface area contributed by atoms with Crippen molar-refractivity contribution in [3.05, 3.63) is 35.4 Å². The summed E-state index contributed by atoms with van der Waals surface area (Å²) in [5.41, 5.74) is 1.04. The maximum Gasteiger partial charge on any atom is 0.200 e. The summed E-state index contributed by atoms with van der Waals surface area (Å²) in [7, 11) is 3.04. The van der Waals surface area contributed by atoms with E-state index in [1.54, 1.807) is 12.1 Å². The molecule has 3 rings (SSSR count). The van der Waals surface area contributed by atoms with Gasteiger partial charge in [-0.25, -0.2) is 0 Å². The molecule has 2 aromatic rings. The van der Waals surface area contributed by atoms with Crippen molar-refractivity contribution < 1.29 is 34.6 Å². The number of benzene rings is 2. The summed E-state index contributed by atoms with van der Waals surface area (Å²) in [5.74, 6) is -0.0404. The molecule has 2 atom stereocenters. The molecular weight excluding hydrogens is 316 g/mol. The van der Waals surface area contributed by atoms with Gasteiger partial charge in [-0.3, -0.25) is 0 Å². The second kappa shape index (κ2) is 6.01. The third kappa shape index (κ3) is 2.63. The molecule has 0 amide bonds. The maximum atomic E-state index is 10.4. The quantitative estimate of drug-likeness (QED) is 0.634. The number of methoxy groups -OCH3 is 2. The van der Waals surface area contributed by atoms with Crippen LogP contribution >= 0.6 is 0 Å². The highest BCUT2D eigenvalue weighted by Gasteiger charge is 2.33. The number of phenols is 3. The van der Waals surface area contributed by atoms with E-state index in [0.717, 1.165) is 0 Å². The predicted molar refractivity (Wildman–Crippen MR) is 84.1 cm³/mol. The minimum absolute atomic E-state index is 0.259. The van der Waals surface area contributed by atoms with Crippen molar-refractivity contribution in [1.82, 2.24) is 0 Å². The largest absolute Gasteiger partial charge is 0.504 e. The molecular formula is C17H18O7. The summed E-state index contributed by atoms with van der Waals surface area (Å²) in [5, 5.41) is 39.2. The first-order chi connectivity index (χ1) is 11.4. The van der Waals surface area contributed by atoms with E-state index in [1.807, 2.05) is 0 Å². The Labute approximate surface area is 138 Å². The molecule has 7 heteroatoms. The summed E-state index contributed by atoms with van der Waals surface area (Å²) in [4.78, 5) is 0. The molecule has 2 aromatic carbocycles. The molecule has 0 radical (unpaired) electrons. The summed E-state index contributed by atoms with van der Waals surface area (Å²) in [6, 6.07) is 5.86. The van der Waals surface area contributed by atoms with Gasteiger partial charge in [0, 0.05) is 29.7 Å². The summed E-state index contributed by atoms with van der Waals surface area (Å²) >= 11 is 0. The number of aliphatic hydroxyl groups is 1. The minimum Gasteiger partial charge on any atom is -0.504 e. The van der Waals surface area contributed by atoms with E-state index in [-0.39, 0.29) is 6.42 Å². The lowest BCUT2D eigenvalue weighted by Crippen LogP contribution is -2.30. The van der Waals surface area contributed by atoms with Crippen molar-refractivity contribution in [2.24, 2.45) is 0 Å². The van der Waals surface area contributed by atoms with Gasteiger partial charge in [-0.15, -0.1) is 0 Å². The van der Waals surface area contributed by atoms with Crippen LogP contribution in [0.15, 0.2) is 24.3 Å². The van der Waals surface area contributed by atoms with Crippen LogP contribution in [0.25, 0.3) is 0 Å². The Bertz CT molecular complexity index is 749. The molecule has 0 bridgehead atoms. The van der Waals surface area contributed by atoms with Gasteiger partial charge < -0.3 is 34.6 Å². The molecule has 0 saturated heterocycles. The number of ether oxygens (including phenoxy) is 3. The van der Waals surface area contributed by atoms with Crippen LogP contribution in [0.2, 0.25) is 0 Å². The van der Waals surface area contributed by atoms with E-state index < -0.39 is 29.5 Å². The molecule has 1 heterocycles. The molecule has 0 saturated carbocycles. The van der Waals surface area contributed by atoms with E-state index in [2.05, 4.69) is 0 Å². The molecule has 24 heavy (non-hydrogen) atoms. The second-order valence-corrected chi connectivity index (χ2v) is 5.52. The number of aliphatic hydroxyl groups excluding tert-OH is 1. The van der Waals surface area contributed by atoms with Gasteiger partial charge >= 0.3 is 0 Å². The number of phenolic OH excluding ortho intramolecular Hbond substituents is 3. The first-order valence-corrected chi connectivity index (χ1v) is 7.29. The average molecular weight is 334 g/mol. The highest BCUT2D eigenvalue weighted by molar-refractivity contribution is 5.55. The Morgan fingerprint density at radius 3 is 2.25 bits per heavy atom. The van der Waals surface area contributed by atoms with E-state index in [4.69, 9.17) is 14.2 Å². The van der Waals surface area contributed by atoms with Crippen LogP contribution < -0.4 is 14.2 Å². The number of fused-ring (bicyclic) bond motifs is 1. The van der Waals surface area contributed by atoms with Crippen LogP contribution in [-0.2, 0) is 6.42 Å². The van der Waals surface area contributed by atoms with E-state index in [1.165, 1.54) is 26.4 Å². The van der Waals surface area contributed by atoms with Crippen molar-refractivity contribution in [3.63, 3.8) is 0 Å². The van der Waals surface area contributed by atoms with Gasteiger partial charge in [0.05, 0.1) is 20.3 Å². The van der Waals surface area contributed by atoms with Gasteiger partial charge in [0.2, 0.25) is 0 Å². The normalized spacial score (nSPS) is 19.3. The molecule has 1 aliphatic rings. The molecule has 0 fully saturated rings. The average Bonchev–Trinajstić information content (AvgIpc) is 2.57. The fraction of sp³-hybridized carbons (Fsp3) is 0.294. The first-order valence-electron chi connectivity index (χ1n) is 7.29. The zero-order valence-corrected chi connectivity index (χ0v) is 13.2. The first kappa shape index (κ1) is 16.1. The molecule has 128 valence electrons. The number of aromatic hydroxyl groups is 3. The maximum absolute atomic E-state index is 10.4. The zero-order chi connectivity index (χ0) is 17.4. The van der Waals surface area contributed by atoms with E-state index in [0.29, 0.717) is 28.4 Å². The third-order valence-electron chi connectivity index (χ3n) is 4.03. The minimum atomic E-state index is -0.928. The van der Waals surface area contributed by atoms with Crippen molar-refractivity contribution in [2.45, 2.75) is 18.6 Å². The summed E-state index contributed by atoms with van der Waals surface area (Å²) < 4.78 is 16.4. The standard InChI is InChI=1S/C17H18O7/c1-22-9-5-14(23-2)10-7-13(20)17(24-15(10)6-9)8-3-11(18)16(21)12(19)4-8/h3-6,13,17-21H,7H2,1-2H3/t13-,17-/m1/s1. The van der Waals surface area contributed by atoms with Gasteiger partial charge in [-0.1, -0.05) is 0 Å². The molecule has 0 aromatic heterocycles. The van der Waals surface area contributed by atoms with Crippen LogP contribution in [0.5, 0.6) is 34.5 Å². The smallest absolute Gasteiger partial charge is 0.200 e. The topological polar surface area (TPSA) is 109 Å². The van der Waals surface area contributed by atoms with Crippen LogP contribution in [0.1, 0.15) is 17.2 Å². The number of rotatable bonds is 3. The summed E-state index contributed by atoms with van der Waals surface area (Å²) in [6.07, 6.45) is -1.50. The van der Waals surface area contributed by atoms with Gasteiger partial charge in [-0.2, -0.15) is 0 Å². The van der Waals surface area contributed by atoms with Crippen LogP contribution in [-0.4, -0.2) is 40.7 Å². The van der Waals surface area contributed by atoms with Gasteiger partial charge in [0.1, 0.15) is 17.2 Å². The van der Waals surface area contributed by atoms with Crippen molar-refractivity contribution >= 4 is 0 Å². The van der Waals surface area contributed by atoms with Gasteiger partial charge in [0.15, 0.2) is 23.4 Å². The monoisotopic (exact) mass is 334 g/mol. The lowest BCUT2D eigenvalue weighted by molar-refractivity contribution is 0.0195. The Kier molecular flexibility index (Phi) is 4.02. The number of hydrogen-bond acceptors (Lipinski definition) is 7. The lowest BCUT2D eigenvalue weighted by Gasteiger charge is -2.32. The highest BCUT2D eigenvalue weighted by Crippen LogP contribution is 2.45. The number of hydrogen-bond donors (Lipinski definition) is 4. The molecule has 4 N–H and O–H groups in total. The van der Waals surface area contributed by atoms with Gasteiger partial charge in [-0.05, 0) is 12.1 Å². The fourth-order valence-corrected chi connectivity index (χ4v) is 2.81. The van der Waals surface area contributed by atoms with Crippen LogP contribution in [0, 0.1) is 0 Å². The Morgan fingerprint density at radius 1 is 1.00 bits per heavy atom. The Morgan fingerprint density at radius 2 is 1.67 bits per heavy atom. The third-order valence-corrected chi connectivity index (χ3v) is 4.03. The highest BCUT2D eigenvalue weighted by atomic mass is 16.5. The van der Waals surface area contributed by atoms with Crippen molar-refractivity contribution in [2.75, 3.05) is 14.2 Å². The van der Waals surface area contributed by atoms with Crippen molar-refractivity contribution in [1.29, 1.82) is 0 Å². The molecule has 0 aliphatic carbocycles. The van der Waals surface area contributed by atoms with E-state index >= 15 is 0 Å². The molecule has 0 spiro atoms. The van der Waals surface area contributed by atoms with E-state index in [9.17, 15) is 20.4 Å². The summed E-state index contributed by atoms with van der Waals surface area (Å²) in [6.45, 7) is 0. The molecule has 1 aliphatic heterocycles. The van der Waals surface area contributed by atoms with Crippen molar-refractivity contribution in [3.8, 4) is 34.5 Å². The predicted octanol–water partition coefficient (Wildman–Crippen LogP) is 1.86. The Balaban J connectivity index is 2.03. The molecule has 7 nitrogen and oxygen atoms in total. The fourth-order valence-electron chi connectivity index (χ4n) is 2.81. The lowest BCUT2D eigenvalue weighted by atomic mass is 9.93. The zero-order valence-electron chi connectivity index (χ0n) is 13.2.